The Morgan fingerprint density at radius 1 is 1.05 bits per heavy atom. The largest absolute Gasteiger partial charge is 0.496 e. The van der Waals surface area contributed by atoms with Gasteiger partial charge in [0.2, 0.25) is 12.7 Å². The van der Waals surface area contributed by atoms with Crippen LogP contribution in [0.2, 0.25) is 5.02 Å². The smallest absolute Gasteiger partial charge is 0.237 e. The van der Waals surface area contributed by atoms with Crippen LogP contribution in [0.4, 0.5) is 0 Å². The first-order valence-corrected chi connectivity index (χ1v) is 13.8. The van der Waals surface area contributed by atoms with Crippen LogP contribution in [0.25, 0.3) is 0 Å². The minimum Gasteiger partial charge on any atom is -0.496 e. The molecule has 2 heterocycles. The Balaban J connectivity index is 1.22. The van der Waals surface area contributed by atoms with Crippen molar-refractivity contribution in [1.29, 1.82) is 0 Å². The van der Waals surface area contributed by atoms with Crippen molar-refractivity contribution in [3.63, 3.8) is 0 Å². The van der Waals surface area contributed by atoms with Crippen molar-refractivity contribution in [2.45, 2.75) is 51.9 Å². The van der Waals surface area contributed by atoms with Gasteiger partial charge in [-0.3, -0.25) is 9.69 Å². The standard InChI is InChI=1S/C31H36ClN3O4/c1-20-21(2)28(37-3)10-8-24(20)16-34-26-15-27(35(18-26)17-23-5-4-6-25(32)13-23)31(36)33-12-11-22-7-9-29-30(14-22)39-19-38-29/h4-10,13-14,26-27,34H,11-12,15-19H2,1-3H3,(H,33,36)/t26-,27+/m1/s1. The second-order valence-electron chi connectivity index (χ2n) is 10.3. The van der Waals surface area contributed by atoms with E-state index >= 15 is 0 Å². The molecule has 39 heavy (non-hydrogen) atoms. The number of likely N-dealkylation sites (tertiary alicyclic amines) is 1. The van der Waals surface area contributed by atoms with Gasteiger partial charge in [-0.2, -0.15) is 0 Å². The highest BCUT2D eigenvalue weighted by Gasteiger charge is 2.36. The maximum Gasteiger partial charge on any atom is 0.237 e. The highest BCUT2D eigenvalue weighted by atomic mass is 35.5. The highest BCUT2D eigenvalue weighted by Crippen LogP contribution is 2.32. The third kappa shape index (κ3) is 6.49. The van der Waals surface area contributed by atoms with Crippen LogP contribution in [-0.4, -0.2) is 49.9 Å². The molecule has 8 heteroatoms. The Kier molecular flexibility index (Phi) is 8.60. The number of benzene rings is 3. The lowest BCUT2D eigenvalue weighted by atomic mass is 10.0. The third-order valence-corrected chi connectivity index (χ3v) is 8.02. The van der Waals surface area contributed by atoms with Gasteiger partial charge in [-0.15, -0.1) is 0 Å². The Morgan fingerprint density at radius 3 is 2.72 bits per heavy atom. The van der Waals surface area contributed by atoms with Crippen molar-refractivity contribution in [3.05, 3.63) is 87.4 Å². The molecule has 2 aliphatic rings. The van der Waals surface area contributed by atoms with Crippen LogP contribution in [-0.2, 0) is 24.3 Å². The Bertz CT molecular complexity index is 1330. The number of hydrogen-bond acceptors (Lipinski definition) is 6. The van der Waals surface area contributed by atoms with Crippen molar-refractivity contribution in [3.8, 4) is 17.2 Å². The number of rotatable bonds is 10. The summed E-state index contributed by atoms with van der Waals surface area (Å²) in [4.78, 5) is 15.7. The molecule has 0 unspecified atom stereocenters. The third-order valence-electron chi connectivity index (χ3n) is 7.78. The van der Waals surface area contributed by atoms with E-state index in [2.05, 4.69) is 41.5 Å². The average Bonchev–Trinajstić information content (AvgIpc) is 3.56. The summed E-state index contributed by atoms with van der Waals surface area (Å²) in [7, 11) is 1.70. The van der Waals surface area contributed by atoms with Crippen LogP contribution in [0.15, 0.2) is 54.6 Å². The summed E-state index contributed by atoms with van der Waals surface area (Å²) in [5, 5.41) is 7.58. The van der Waals surface area contributed by atoms with Gasteiger partial charge >= 0.3 is 0 Å². The summed E-state index contributed by atoms with van der Waals surface area (Å²) in [5.74, 6) is 2.49. The van der Waals surface area contributed by atoms with Crippen LogP contribution in [0.5, 0.6) is 17.2 Å². The topological polar surface area (TPSA) is 72.1 Å². The molecule has 5 rings (SSSR count). The van der Waals surface area contributed by atoms with Crippen molar-refractivity contribution < 1.29 is 19.0 Å². The summed E-state index contributed by atoms with van der Waals surface area (Å²) >= 11 is 6.25. The minimum absolute atomic E-state index is 0.0542. The van der Waals surface area contributed by atoms with E-state index in [-0.39, 0.29) is 24.8 Å². The van der Waals surface area contributed by atoms with Crippen molar-refractivity contribution >= 4 is 17.5 Å². The number of halogens is 1. The molecule has 3 aromatic rings. The van der Waals surface area contributed by atoms with Gasteiger partial charge in [0.25, 0.3) is 0 Å². The number of nitrogens with one attached hydrogen (secondary N) is 2. The lowest BCUT2D eigenvalue weighted by Crippen LogP contribution is -2.43. The number of ether oxygens (including phenoxy) is 3. The number of nitrogens with zero attached hydrogens (tertiary/aromatic N) is 1. The van der Waals surface area contributed by atoms with Gasteiger partial charge in [0, 0.05) is 37.2 Å². The van der Waals surface area contributed by atoms with E-state index in [1.165, 1.54) is 11.1 Å². The Hall–Kier alpha value is -3.26. The molecule has 0 spiro atoms. The molecule has 7 nitrogen and oxygen atoms in total. The molecule has 1 fully saturated rings. The van der Waals surface area contributed by atoms with Gasteiger partial charge in [-0.25, -0.2) is 0 Å². The fraction of sp³-hybridized carbons (Fsp3) is 0.387. The molecule has 1 amide bonds. The van der Waals surface area contributed by atoms with Crippen LogP contribution >= 0.6 is 11.6 Å². The minimum atomic E-state index is -0.225. The number of amides is 1. The van der Waals surface area contributed by atoms with Gasteiger partial charge in [0.15, 0.2) is 11.5 Å². The lowest BCUT2D eigenvalue weighted by Gasteiger charge is -2.23. The van der Waals surface area contributed by atoms with E-state index < -0.39 is 0 Å². The number of hydrogen-bond donors (Lipinski definition) is 2. The first kappa shape index (κ1) is 27.3. The zero-order valence-corrected chi connectivity index (χ0v) is 23.5. The first-order chi connectivity index (χ1) is 18.9. The monoisotopic (exact) mass is 549 g/mol. The fourth-order valence-corrected chi connectivity index (χ4v) is 5.64. The van der Waals surface area contributed by atoms with Crippen LogP contribution in [0, 0.1) is 13.8 Å². The molecule has 2 N–H and O–H groups in total. The number of fused-ring (bicyclic) bond motifs is 1. The molecule has 2 aliphatic heterocycles. The molecule has 0 aliphatic carbocycles. The molecule has 2 atom stereocenters. The highest BCUT2D eigenvalue weighted by molar-refractivity contribution is 6.30. The van der Waals surface area contributed by atoms with Crippen LogP contribution in [0.3, 0.4) is 0 Å². The Morgan fingerprint density at radius 2 is 1.90 bits per heavy atom. The summed E-state index contributed by atoms with van der Waals surface area (Å²) in [6, 6.07) is 17.9. The quantitative estimate of drug-likeness (QED) is 0.379. The maximum absolute atomic E-state index is 13.4. The summed E-state index contributed by atoms with van der Waals surface area (Å²) in [5.41, 5.74) is 5.83. The van der Waals surface area contributed by atoms with Crippen molar-refractivity contribution in [2.24, 2.45) is 0 Å². The first-order valence-electron chi connectivity index (χ1n) is 13.4. The second-order valence-corrected chi connectivity index (χ2v) is 10.7. The zero-order valence-electron chi connectivity index (χ0n) is 22.8. The lowest BCUT2D eigenvalue weighted by molar-refractivity contribution is -0.125. The molecule has 0 aromatic heterocycles. The van der Waals surface area contributed by atoms with Gasteiger partial charge in [0.1, 0.15) is 5.75 Å². The predicted molar refractivity (Wildman–Crippen MR) is 153 cm³/mol. The predicted octanol–water partition coefficient (Wildman–Crippen LogP) is 4.79. The number of methoxy groups -OCH3 is 1. The normalized spacial score (nSPS) is 18.4. The molecular formula is C31H36ClN3O4. The van der Waals surface area contributed by atoms with Gasteiger partial charge in [0.05, 0.1) is 13.2 Å². The molecular weight excluding hydrogens is 514 g/mol. The SMILES string of the molecule is COc1ccc(CN[C@@H]2C[C@@H](C(=O)NCCc3ccc4c(c3)OCO4)N(Cc3cccc(Cl)c3)C2)c(C)c1C. The number of carbonyl (C=O) groups is 1. The maximum atomic E-state index is 13.4. The van der Waals surface area contributed by atoms with Crippen LogP contribution < -0.4 is 24.8 Å². The van der Waals surface area contributed by atoms with Crippen molar-refractivity contribution in [1.82, 2.24) is 15.5 Å². The van der Waals surface area contributed by atoms with Gasteiger partial charge in [-0.1, -0.05) is 35.9 Å². The van der Waals surface area contributed by atoms with Gasteiger partial charge < -0.3 is 24.8 Å². The molecule has 1 saturated heterocycles. The molecule has 206 valence electrons. The summed E-state index contributed by atoms with van der Waals surface area (Å²) in [6.07, 6.45) is 1.46. The molecule has 0 radical (unpaired) electrons. The van der Waals surface area contributed by atoms with E-state index in [1.54, 1.807) is 7.11 Å². The van der Waals surface area contributed by atoms with Gasteiger partial charge in [-0.05, 0) is 84.8 Å². The van der Waals surface area contributed by atoms with E-state index in [1.807, 2.05) is 42.5 Å². The molecule has 3 aromatic carbocycles. The van der Waals surface area contributed by atoms with E-state index in [4.69, 9.17) is 25.8 Å². The summed E-state index contributed by atoms with van der Waals surface area (Å²) in [6.45, 7) is 7.22. The van der Waals surface area contributed by atoms with Crippen molar-refractivity contribution in [2.75, 3.05) is 27.0 Å². The summed E-state index contributed by atoms with van der Waals surface area (Å²) < 4.78 is 16.3. The second kappa shape index (κ2) is 12.3. The molecule has 0 bridgehead atoms. The van der Waals surface area contributed by atoms with E-state index in [0.29, 0.717) is 18.1 Å². The molecule has 0 saturated carbocycles. The fourth-order valence-electron chi connectivity index (χ4n) is 5.43. The van der Waals surface area contributed by atoms with E-state index in [9.17, 15) is 4.79 Å². The number of carbonyl (C=O) groups excluding carboxylic acids is 1. The average molecular weight is 550 g/mol. The van der Waals surface area contributed by atoms with Crippen LogP contribution in [0.1, 0.15) is 34.2 Å². The zero-order chi connectivity index (χ0) is 27.4. The van der Waals surface area contributed by atoms with E-state index in [0.717, 1.165) is 59.9 Å². The Labute approximate surface area is 235 Å².